The molecule has 0 radical (unpaired) electrons. The molecule has 1 aromatic rings. The molecule has 0 bridgehead atoms. The molecular formula is C7H9N3O2S. The van der Waals surface area contributed by atoms with Crippen molar-refractivity contribution in [3.05, 3.63) is 28.2 Å². The highest BCUT2D eigenvalue weighted by atomic mass is 32.2. The van der Waals surface area contributed by atoms with Crippen LogP contribution in [0.2, 0.25) is 0 Å². The summed E-state index contributed by atoms with van der Waals surface area (Å²) < 4.78 is 1.80. The van der Waals surface area contributed by atoms with Gasteiger partial charge in [-0.25, -0.2) is 4.98 Å². The summed E-state index contributed by atoms with van der Waals surface area (Å²) in [4.78, 5) is 13.6. The maximum Gasteiger partial charge on any atom is 0.236 e. The lowest BCUT2D eigenvalue weighted by Gasteiger charge is -1.97. The average molecular weight is 199 g/mol. The Morgan fingerprint density at radius 3 is 2.92 bits per heavy atom. The summed E-state index contributed by atoms with van der Waals surface area (Å²) in [6, 6.07) is 0. The SMILES string of the molecule is CSc1ncc(/C=C/[N+](=O)[O-])n1C. The number of hydrogen-bond acceptors (Lipinski definition) is 4. The zero-order valence-corrected chi connectivity index (χ0v) is 8.11. The predicted octanol–water partition coefficient (Wildman–Crippen LogP) is 1.39. The Morgan fingerprint density at radius 2 is 2.46 bits per heavy atom. The molecule has 1 aromatic heterocycles. The first-order chi connectivity index (χ1) is 6.15. The molecule has 6 heteroatoms. The first-order valence-electron chi connectivity index (χ1n) is 3.52. The molecule has 0 aromatic carbocycles. The lowest BCUT2D eigenvalue weighted by atomic mass is 10.4. The van der Waals surface area contributed by atoms with Crippen molar-refractivity contribution in [3.8, 4) is 0 Å². The molecule has 0 fully saturated rings. The van der Waals surface area contributed by atoms with Crippen LogP contribution in [0.5, 0.6) is 0 Å². The number of hydrogen-bond donors (Lipinski definition) is 0. The zero-order valence-electron chi connectivity index (χ0n) is 7.30. The smallest absolute Gasteiger partial charge is 0.236 e. The minimum Gasteiger partial charge on any atom is -0.322 e. The van der Waals surface area contributed by atoms with Crippen molar-refractivity contribution >= 4 is 17.8 Å². The number of imidazole rings is 1. The molecule has 0 unspecified atom stereocenters. The Hall–Kier alpha value is -1.30. The van der Waals surface area contributed by atoms with Gasteiger partial charge in [-0.2, -0.15) is 0 Å². The Bertz CT molecular complexity index is 346. The van der Waals surface area contributed by atoms with E-state index in [1.54, 1.807) is 10.8 Å². The van der Waals surface area contributed by atoms with Gasteiger partial charge in [-0.05, 0) is 6.26 Å². The Kier molecular flexibility index (Phi) is 3.07. The topological polar surface area (TPSA) is 61.0 Å². The maximum absolute atomic E-state index is 10.0. The number of nitro groups is 1. The summed E-state index contributed by atoms with van der Waals surface area (Å²) >= 11 is 1.50. The maximum atomic E-state index is 10.0. The van der Waals surface area contributed by atoms with Crippen LogP contribution < -0.4 is 0 Å². The summed E-state index contributed by atoms with van der Waals surface area (Å²) in [6.45, 7) is 0. The fourth-order valence-electron chi connectivity index (χ4n) is 0.887. The fraction of sp³-hybridized carbons (Fsp3) is 0.286. The second kappa shape index (κ2) is 4.08. The van der Waals surface area contributed by atoms with Crippen molar-refractivity contribution in [3.63, 3.8) is 0 Å². The van der Waals surface area contributed by atoms with Crippen LogP contribution in [0.15, 0.2) is 17.6 Å². The lowest BCUT2D eigenvalue weighted by Crippen LogP contribution is -1.93. The fourth-order valence-corrected chi connectivity index (χ4v) is 1.42. The van der Waals surface area contributed by atoms with Crippen LogP contribution in [0.4, 0.5) is 0 Å². The van der Waals surface area contributed by atoms with Gasteiger partial charge >= 0.3 is 0 Å². The van der Waals surface area contributed by atoms with E-state index in [-0.39, 0.29) is 0 Å². The van der Waals surface area contributed by atoms with Gasteiger partial charge in [0.1, 0.15) is 0 Å². The molecule has 5 nitrogen and oxygen atoms in total. The van der Waals surface area contributed by atoms with E-state index in [1.807, 2.05) is 13.3 Å². The van der Waals surface area contributed by atoms with Crippen LogP contribution in [-0.2, 0) is 7.05 Å². The highest BCUT2D eigenvalue weighted by molar-refractivity contribution is 7.98. The molecule has 0 aliphatic rings. The molecule has 13 heavy (non-hydrogen) atoms. The van der Waals surface area contributed by atoms with Crippen molar-refractivity contribution in [1.29, 1.82) is 0 Å². The molecule has 0 aliphatic heterocycles. The quantitative estimate of drug-likeness (QED) is 0.419. The van der Waals surface area contributed by atoms with Crippen LogP contribution in [-0.4, -0.2) is 20.7 Å². The van der Waals surface area contributed by atoms with Crippen LogP contribution in [0, 0.1) is 10.1 Å². The molecule has 0 spiro atoms. The van der Waals surface area contributed by atoms with Gasteiger partial charge in [0, 0.05) is 13.1 Å². The van der Waals surface area contributed by atoms with Crippen molar-refractivity contribution < 1.29 is 4.92 Å². The second-order valence-corrected chi connectivity index (χ2v) is 3.10. The van der Waals surface area contributed by atoms with Crippen LogP contribution in [0.1, 0.15) is 5.69 Å². The molecular weight excluding hydrogens is 190 g/mol. The highest BCUT2D eigenvalue weighted by Crippen LogP contribution is 2.14. The normalized spacial score (nSPS) is 10.9. The van der Waals surface area contributed by atoms with Gasteiger partial charge in [0.25, 0.3) is 0 Å². The van der Waals surface area contributed by atoms with Gasteiger partial charge < -0.3 is 4.57 Å². The summed E-state index contributed by atoms with van der Waals surface area (Å²) in [6.07, 6.45) is 5.84. The minimum absolute atomic E-state index is 0.494. The Morgan fingerprint density at radius 1 is 1.77 bits per heavy atom. The average Bonchev–Trinajstić information content (AvgIpc) is 2.43. The molecule has 0 amide bonds. The van der Waals surface area contributed by atoms with E-state index >= 15 is 0 Å². The van der Waals surface area contributed by atoms with Gasteiger partial charge in [0.15, 0.2) is 5.16 Å². The minimum atomic E-state index is -0.494. The molecule has 1 rings (SSSR count). The number of aromatic nitrogens is 2. The number of thioether (sulfide) groups is 1. The molecule has 0 saturated heterocycles. The van der Waals surface area contributed by atoms with Crippen molar-refractivity contribution in [2.24, 2.45) is 7.05 Å². The zero-order chi connectivity index (χ0) is 9.84. The van der Waals surface area contributed by atoms with E-state index in [4.69, 9.17) is 0 Å². The first kappa shape index (κ1) is 9.79. The largest absolute Gasteiger partial charge is 0.322 e. The van der Waals surface area contributed by atoms with Gasteiger partial charge in [0.05, 0.1) is 16.8 Å². The van der Waals surface area contributed by atoms with Crippen molar-refractivity contribution in [2.45, 2.75) is 5.16 Å². The van der Waals surface area contributed by atoms with Crippen LogP contribution in [0.25, 0.3) is 6.08 Å². The van der Waals surface area contributed by atoms with Gasteiger partial charge in [-0.15, -0.1) is 0 Å². The third-order valence-electron chi connectivity index (χ3n) is 1.53. The molecule has 0 saturated carbocycles. The highest BCUT2D eigenvalue weighted by Gasteiger charge is 2.02. The lowest BCUT2D eigenvalue weighted by molar-refractivity contribution is -0.401. The molecule has 0 aliphatic carbocycles. The molecule has 0 N–H and O–H groups in total. The van der Waals surface area contributed by atoms with Crippen LogP contribution >= 0.6 is 11.8 Å². The van der Waals surface area contributed by atoms with Gasteiger partial charge in [-0.1, -0.05) is 11.8 Å². The standard InChI is InChI=1S/C7H9N3O2S/c1-9-6(3-4-10(11)12)5-8-7(9)13-2/h3-5H,1-2H3/b4-3+. The molecule has 70 valence electrons. The van der Waals surface area contributed by atoms with E-state index in [9.17, 15) is 10.1 Å². The van der Waals surface area contributed by atoms with Crippen molar-refractivity contribution in [2.75, 3.05) is 6.26 Å². The summed E-state index contributed by atoms with van der Waals surface area (Å²) in [5, 5.41) is 10.9. The monoisotopic (exact) mass is 199 g/mol. The Balaban J connectivity index is 2.90. The van der Waals surface area contributed by atoms with E-state index < -0.39 is 4.92 Å². The van der Waals surface area contributed by atoms with Crippen molar-refractivity contribution in [1.82, 2.24) is 9.55 Å². The summed E-state index contributed by atoms with van der Waals surface area (Å²) in [7, 11) is 1.82. The summed E-state index contributed by atoms with van der Waals surface area (Å²) in [5.74, 6) is 0. The van der Waals surface area contributed by atoms with E-state index in [1.165, 1.54) is 17.8 Å². The van der Waals surface area contributed by atoms with Gasteiger partial charge in [0.2, 0.25) is 6.20 Å². The molecule has 0 atom stereocenters. The third kappa shape index (κ3) is 2.32. The van der Waals surface area contributed by atoms with E-state index in [2.05, 4.69) is 4.98 Å². The Labute approximate surface area is 79.6 Å². The third-order valence-corrected chi connectivity index (χ3v) is 2.28. The second-order valence-electron chi connectivity index (χ2n) is 2.33. The molecule has 1 heterocycles. The van der Waals surface area contributed by atoms with E-state index in [0.29, 0.717) is 0 Å². The number of nitrogens with zero attached hydrogens (tertiary/aromatic N) is 3. The number of rotatable bonds is 3. The van der Waals surface area contributed by atoms with Crippen LogP contribution in [0.3, 0.4) is 0 Å². The van der Waals surface area contributed by atoms with E-state index in [0.717, 1.165) is 17.1 Å². The predicted molar refractivity (Wildman–Crippen MR) is 51.0 cm³/mol. The first-order valence-corrected chi connectivity index (χ1v) is 4.75. The summed E-state index contributed by atoms with van der Waals surface area (Å²) in [5.41, 5.74) is 0.723. The van der Waals surface area contributed by atoms with Gasteiger partial charge in [-0.3, -0.25) is 10.1 Å².